The molecule has 3 rings (SSSR count). The van der Waals surface area contributed by atoms with E-state index in [0.717, 1.165) is 41.3 Å². The Morgan fingerprint density at radius 2 is 2.08 bits per heavy atom. The van der Waals surface area contributed by atoms with E-state index in [1.165, 1.54) is 16.2 Å². The van der Waals surface area contributed by atoms with Gasteiger partial charge < -0.3 is 10.2 Å². The summed E-state index contributed by atoms with van der Waals surface area (Å²) in [6, 6.07) is 9.91. The van der Waals surface area contributed by atoms with Crippen LogP contribution in [0.5, 0.6) is 0 Å². The molecule has 5 nitrogen and oxygen atoms in total. The van der Waals surface area contributed by atoms with Crippen LogP contribution in [0.3, 0.4) is 0 Å². The minimum atomic E-state index is -0.313. The highest BCUT2D eigenvalue weighted by atomic mass is 79.9. The number of hydrogen-bond donors (Lipinski definition) is 1. The van der Waals surface area contributed by atoms with Gasteiger partial charge in [0.1, 0.15) is 11.1 Å². The molecule has 1 heterocycles. The van der Waals surface area contributed by atoms with Crippen molar-refractivity contribution in [2.24, 2.45) is 5.16 Å². The summed E-state index contributed by atoms with van der Waals surface area (Å²) in [4.78, 5) is 18.5. The molecule has 1 amide bonds. The summed E-state index contributed by atoms with van der Waals surface area (Å²) in [6.07, 6.45) is 4.13. The lowest BCUT2D eigenvalue weighted by Gasteiger charge is -2.09. The van der Waals surface area contributed by atoms with Gasteiger partial charge in [-0.15, -0.1) is 11.3 Å². The number of hydrogen-bond acceptors (Lipinski definition) is 5. The number of nitrogens with one attached hydrogen (secondary N) is 1. The standard InChI is InChI=1S/C19H18BrN3O2S/c1-12(13-6-8-14(20)9-7-13)23-25-11-18(24)22-19-16(10-21)15-4-2-3-5-17(15)26-19/h6-9H,2-5,11H2,1H3,(H,22,24)/b23-12-. The van der Waals surface area contributed by atoms with E-state index in [1.807, 2.05) is 31.2 Å². The van der Waals surface area contributed by atoms with Crippen LogP contribution in [0.2, 0.25) is 0 Å². The zero-order chi connectivity index (χ0) is 18.5. The second-order valence-corrected chi connectivity index (χ2v) is 8.05. The summed E-state index contributed by atoms with van der Waals surface area (Å²) < 4.78 is 0.987. The largest absolute Gasteiger partial charge is 0.385 e. The molecule has 0 unspecified atom stereocenters. The van der Waals surface area contributed by atoms with Gasteiger partial charge in [0.2, 0.25) is 0 Å². The van der Waals surface area contributed by atoms with E-state index in [-0.39, 0.29) is 12.5 Å². The Labute approximate surface area is 164 Å². The molecule has 1 N–H and O–H groups in total. The van der Waals surface area contributed by atoms with Crippen molar-refractivity contribution in [2.75, 3.05) is 11.9 Å². The third kappa shape index (κ3) is 4.32. The Kier molecular flexibility index (Phi) is 6.07. The van der Waals surface area contributed by atoms with Crippen molar-refractivity contribution in [1.29, 1.82) is 5.26 Å². The topological polar surface area (TPSA) is 74.5 Å². The number of amides is 1. The number of anilines is 1. The number of benzene rings is 1. The third-order valence-corrected chi connectivity index (χ3v) is 5.93. The van der Waals surface area contributed by atoms with Crippen molar-refractivity contribution < 1.29 is 9.63 Å². The predicted octanol–water partition coefficient (Wildman–Crippen LogP) is 4.64. The first-order chi connectivity index (χ1) is 12.6. The van der Waals surface area contributed by atoms with Gasteiger partial charge in [-0.1, -0.05) is 33.2 Å². The molecule has 1 aromatic carbocycles. The first kappa shape index (κ1) is 18.6. The van der Waals surface area contributed by atoms with Gasteiger partial charge in [-0.05, 0) is 55.9 Å². The van der Waals surface area contributed by atoms with Crippen LogP contribution >= 0.6 is 27.3 Å². The van der Waals surface area contributed by atoms with Crippen molar-refractivity contribution >= 4 is 43.9 Å². The van der Waals surface area contributed by atoms with Crippen LogP contribution in [0.4, 0.5) is 5.00 Å². The number of thiophene rings is 1. The van der Waals surface area contributed by atoms with Gasteiger partial charge in [-0.3, -0.25) is 4.79 Å². The van der Waals surface area contributed by atoms with Crippen molar-refractivity contribution in [1.82, 2.24) is 0 Å². The van der Waals surface area contributed by atoms with Gasteiger partial charge in [0.05, 0.1) is 11.3 Å². The lowest BCUT2D eigenvalue weighted by molar-refractivity contribution is -0.120. The fourth-order valence-corrected chi connectivity index (χ4v) is 4.39. The van der Waals surface area contributed by atoms with Gasteiger partial charge in [0, 0.05) is 9.35 Å². The van der Waals surface area contributed by atoms with Crippen LogP contribution in [0, 0.1) is 11.3 Å². The number of carbonyl (C=O) groups is 1. The Morgan fingerprint density at radius 3 is 2.81 bits per heavy atom. The molecule has 1 aliphatic rings. The number of aryl methyl sites for hydroxylation is 1. The molecule has 26 heavy (non-hydrogen) atoms. The monoisotopic (exact) mass is 431 g/mol. The number of nitriles is 1. The zero-order valence-corrected chi connectivity index (χ0v) is 16.7. The average molecular weight is 432 g/mol. The first-order valence-corrected chi connectivity index (χ1v) is 9.96. The predicted molar refractivity (Wildman–Crippen MR) is 107 cm³/mol. The van der Waals surface area contributed by atoms with Crippen LogP contribution in [-0.4, -0.2) is 18.2 Å². The van der Waals surface area contributed by atoms with E-state index in [1.54, 1.807) is 0 Å². The number of nitrogens with zero attached hydrogens (tertiary/aromatic N) is 2. The molecular weight excluding hydrogens is 414 g/mol. The summed E-state index contributed by atoms with van der Waals surface area (Å²) in [5.74, 6) is -0.313. The van der Waals surface area contributed by atoms with Crippen LogP contribution < -0.4 is 5.32 Å². The molecule has 0 aliphatic heterocycles. The smallest absolute Gasteiger partial charge is 0.265 e. The quantitative estimate of drug-likeness (QED) is 0.553. The Balaban J connectivity index is 1.59. The fraction of sp³-hybridized carbons (Fsp3) is 0.316. The Hall–Kier alpha value is -2.17. The van der Waals surface area contributed by atoms with E-state index in [9.17, 15) is 10.1 Å². The number of halogens is 1. The van der Waals surface area contributed by atoms with E-state index in [4.69, 9.17) is 4.84 Å². The van der Waals surface area contributed by atoms with Gasteiger partial charge in [-0.25, -0.2) is 0 Å². The highest BCUT2D eigenvalue weighted by molar-refractivity contribution is 9.10. The van der Waals surface area contributed by atoms with E-state index >= 15 is 0 Å². The molecular formula is C19H18BrN3O2S. The molecule has 134 valence electrons. The summed E-state index contributed by atoms with van der Waals surface area (Å²) in [6.45, 7) is 1.63. The lowest BCUT2D eigenvalue weighted by Crippen LogP contribution is -2.17. The minimum absolute atomic E-state index is 0.193. The van der Waals surface area contributed by atoms with Gasteiger partial charge >= 0.3 is 0 Å². The lowest BCUT2D eigenvalue weighted by atomic mass is 9.96. The summed E-state index contributed by atoms with van der Waals surface area (Å²) in [7, 11) is 0. The number of oxime groups is 1. The average Bonchev–Trinajstić information content (AvgIpc) is 2.99. The summed E-state index contributed by atoms with van der Waals surface area (Å²) >= 11 is 4.89. The van der Waals surface area contributed by atoms with Crippen molar-refractivity contribution in [3.8, 4) is 6.07 Å². The molecule has 0 saturated heterocycles. The number of fused-ring (bicyclic) bond motifs is 1. The third-order valence-electron chi connectivity index (χ3n) is 4.20. The van der Waals surface area contributed by atoms with E-state index in [0.29, 0.717) is 16.3 Å². The number of carbonyl (C=O) groups excluding carboxylic acids is 1. The highest BCUT2D eigenvalue weighted by Crippen LogP contribution is 2.37. The molecule has 1 aromatic heterocycles. The van der Waals surface area contributed by atoms with Crippen molar-refractivity contribution in [3.63, 3.8) is 0 Å². The molecule has 0 saturated carbocycles. The van der Waals surface area contributed by atoms with Gasteiger partial charge in [-0.2, -0.15) is 5.26 Å². The second kappa shape index (κ2) is 8.47. The maximum atomic E-state index is 12.1. The highest BCUT2D eigenvalue weighted by Gasteiger charge is 2.21. The molecule has 7 heteroatoms. The van der Waals surface area contributed by atoms with Crippen LogP contribution in [-0.2, 0) is 22.5 Å². The van der Waals surface area contributed by atoms with Gasteiger partial charge in [0.15, 0.2) is 6.61 Å². The second-order valence-electron chi connectivity index (χ2n) is 6.03. The minimum Gasteiger partial charge on any atom is -0.385 e. The molecule has 0 radical (unpaired) electrons. The SMILES string of the molecule is C/C(=N/OCC(=O)Nc1sc2c(c1C#N)CCCC2)c1ccc(Br)cc1. The van der Waals surface area contributed by atoms with Crippen molar-refractivity contribution in [3.05, 3.63) is 50.3 Å². The normalized spacial score (nSPS) is 13.7. The van der Waals surface area contributed by atoms with Crippen molar-refractivity contribution in [2.45, 2.75) is 32.6 Å². The van der Waals surface area contributed by atoms with Crippen LogP contribution in [0.1, 0.15) is 41.3 Å². The Morgan fingerprint density at radius 1 is 1.35 bits per heavy atom. The van der Waals surface area contributed by atoms with Crippen LogP contribution in [0.15, 0.2) is 33.9 Å². The molecule has 2 aromatic rings. The molecule has 0 spiro atoms. The number of rotatable bonds is 5. The Bertz CT molecular complexity index is 881. The first-order valence-electron chi connectivity index (χ1n) is 8.35. The maximum Gasteiger partial charge on any atom is 0.265 e. The molecule has 0 atom stereocenters. The summed E-state index contributed by atoms with van der Waals surface area (Å²) in [5.41, 5.74) is 3.32. The zero-order valence-electron chi connectivity index (χ0n) is 14.3. The maximum absolute atomic E-state index is 12.1. The molecule has 0 fully saturated rings. The molecule has 1 aliphatic carbocycles. The van der Waals surface area contributed by atoms with E-state index < -0.39 is 0 Å². The fourth-order valence-electron chi connectivity index (χ4n) is 2.87. The summed E-state index contributed by atoms with van der Waals surface area (Å²) in [5, 5.41) is 16.8. The van der Waals surface area contributed by atoms with E-state index in [2.05, 4.69) is 32.5 Å². The molecule has 0 bridgehead atoms. The van der Waals surface area contributed by atoms with Crippen LogP contribution in [0.25, 0.3) is 0 Å². The van der Waals surface area contributed by atoms with Gasteiger partial charge in [0.25, 0.3) is 5.91 Å².